The molecular weight excluding hydrogens is 334 g/mol. The van der Waals surface area contributed by atoms with Crippen LogP contribution in [0.5, 0.6) is 5.75 Å². The first-order chi connectivity index (χ1) is 12.4. The van der Waals surface area contributed by atoms with Crippen LogP contribution in [0.1, 0.15) is 20.3 Å². The standard InChI is InChI=1S/C19H27N3O4/c1-14(2)12-16(23)19(25)20-13-18(24)22-10-8-21(9-11-22)15-6-4-5-7-17(15)26-3/h4-7,14H,8-13H2,1-3H3,(H,20,25). The molecule has 26 heavy (non-hydrogen) atoms. The van der Waals surface area contributed by atoms with E-state index in [-0.39, 0.29) is 24.8 Å². The first-order valence-electron chi connectivity index (χ1n) is 8.89. The van der Waals surface area contributed by atoms with Crippen molar-refractivity contribution in [1.82, 2.24) is 10.2 Å². The first kappa shape index (κ1) is 19.8. The van der Waals surface area contributed by atoms with Crippen LogP contribution < -0.4 is 15.0 Å². The SMILES string of the molecule is COc1ccccc1N1CCN(C(=O)CNC(=O)C(=O)CC(C)C)CC1. The Morgan fingerprint density at radius 3 is 2.38 bits per heavy atom. The molecule has 1 heterocycles. The van der Waals surface area contributed by atoms with Crippen molar-refractivity contribution in [3.05, 3.63) is 24.3 Å². The highest BCUT2D eigenvalue weighted by atomic mass is 16.5. The molecule has 2 amide bonds. The third-order valence-corrected chi connectivity index (χ3v) is 4.31. The Balaban J connectivity index is 1.81. The average Bonchev–Trinajstić information content (AvgIpc) is 2.65. The molecule has 0 radical (unpaired) electrons. The molecule has 1 aliphatic rings. The summed E-state index contributed by atoms with van der Waals surface area (Å²) in [6.45, 7) is 6.10. The van der Waals surface area contributed by atoms with Gasteiger partial charge in [-0.25, -0.2) is 0 Å². The molecule has 7 nitrogen and oxygen atoms in total. The number of piperazine rings is 1. The molecule has 0 bridgehead atoms. The Bertz CT molecular complexity index is 652. The van der Waals surface area contributed by atoms with Crippen LogP contribution in [0, 0.1) is 5.92 Å². The van der Waals surface area contributed by atoms with E-state index >= 15 is 0 Å². The summed E-state index contributed by atoms with van der Waals surface area (Å²) < 4.78 is 5.39. The number of nitrogens with zero attached hydrogens (tertiary/aromatic N) is 2. The van der Waals surface area contributed by atoms with E-state index < -0.39 is 11.7 Å². The number of hydrogen-bond donors (Lipinski definition) is 1. The Labute approximate surface area is 154 Å². The second-order valence-corrected chi connectivity index (χ2v) is 6.74. The smallest absolute Gasteiger partial charge is 0.287 e. The quantitative estimate of drug-likeness (QED) is 0.735. The lowest BCUT2D eigenvalue weighted by Crippen LogP contribution is -2.51. The normalized spacial score (nSPS) is 14.3. The number of para-hydroxylation sites is 2. The second-order valence-electron chi connectivity index (χ2n) is 6.74. The maximum absolute atomic E-state index is 12.3. The number of ketones is 1. The molecule has 0 aromatic heterocycles. The van der Waals surface area contributed by atoms with Crippen LogP contribution in [-0.2, 0) is 14.4 Å². The summed E-state index contributed by atoms with van der Waals surface area (Å²) in [6, 6.07) is 7.79. The van der Waals surface area contributed by atoms with Crippen LogP contribution in [0.4, 0.5) is 5.69 Å². The lowest BCUT2D eigenvalue weighted by molar-refractivity contribution is -0.140. The topological polar surface area (TPSA) is 79.0 Å². The zero-order chi connectivity index (χ0) is 19.1. The lowest BCUT2D eigenvalue weighted by Gasteiger charge is -2.36. The van der Waals surface area contributed by atoms with E-state index in [1.54, 1.807) is 12.0 Å². The fourth-order valence-corrected chi connectivity index (χ4v) is 2.92. The number of carbonyl (C=O) groups excluding carboxylic acids is 3. The van der Waals surface area contributed by atoms with Gasteiger partial charge in [-0.05, 0) is 18.1 Å². The van der Waals surface area contributed by atoms with Gasteiger partial charge in [0, 0.05) is 32.6 Å². The van der Waals surface area contributed by atoms with Gasteiger partial charge in [0.05, 0.1) is 19.3 Å². The molecule has 0 aliphatic carbocycles. The van der Waals surface area contributed by atoms with Crippen molar-refractivity contribution in [3.63, 3.8) is 0 Å². The monoisotopic (exact) mass is 361 g/mol. The Kier molecular flexibility index (Phi) is 7.00. The van der Waals surface area contributed by atoms with Gasteiger partial charge < -0.3 is 19.9 Å². The van der Waals surface area contributed by atoms with E-state index in [1.807, 2.05) is 38.1 Å². The van der Waals surface area contributed by atoms with Gasteiger partial charge >= 0.3 is 0 Å². The predicted molar refractivity (Wildman–Crippen MR) is 99.3 cm³/mol. The highest BCUT2D eigenvalue weighted by Gasteiger charge is 2.24. The highest BCUT2D eigenvalue weighted by molar-refractivity contribution is 6.36. The van der Waals surface area contributed by atoms with Gasteiger partial charge in [-0.1, -0.05) is 26.0 Å². The average molecular weight is 361 g/mol. The van der Waals surface area contributed by atoms with E-state index in [4.69, 9.17) is 4.74 Å². The zero-order valence-corrected chi connectivity index (χ0v) is 15.7. The van der Waals surface area contributed by atoms with Crippen molar-refractivity contribution in [2.24, 2.45) is 5.92 Å². The molecule has 1 fully saturated rings. The molecule has 0 spiro atoms. The third-order valence-electron chi connectivity index (χ3n) is 4.31. The van der Waals surface area contributed by atoms with E-state index in [1.165, 1.54) is 0 Å². The van der Waals surface area contributed by atoms with E-state index in [0.29, 0.717) is 26.2 Å². The van der Waals surface area contributed by atoms with Crippen molar-refractivity contribution in [2.45, 2.75) is 20.3 Å². The number of ether oxygens (including phenoxy) is 1. The summed E-state index contributed by atoms with van der Waals surface area (Å²) in [4.78, 5) is 39.5. The molecule has 142 valence electrons. The second kappa shape index (κ2) is 9.22. The van der Waals surface area contributed by atoms with Gasteiger partial charge in [0.2, 0.25) is 11.7 Å². The van der Waals surface area contributed by atoms with Crippen LogP contribution in [-0.4, -0.2) is 62.3 Å². The molecule has 2 rings (SSSR count). The minimum Gasteiger partial charge on any atom is -0.495 e. The molecule has 7 heteroatoms. The minimum atomic E-state index is -0.681. The van der Waals surface area contributed by atoms with Gasteiger partial charge in [0.25, 0.3) is 5.91 Å². The number of hydrogen-bond acceptors (Lipinski definition) is 5. The molecule has 0 unspecified atom stereocenters. The zero-order valence-electron chi connectivity index (χ0n) is 15.7. The summed E-state index contributed by atoms with van der Waals surface area (Å²) in [6.07, 6.45) is 0.192. The Hall–Kier alpha value is -2.57. The highest BCUT2D eigenvalue weighted by Crippen LogP contribution is 2.28. The van der Waals surface area contributed by atoms with Gasteiger partial charge in [-0.15, -0.1) is 0 Å². The summed E-state index contributed by atoms with van der Waals surface area (Å²) >= 11 is 0. The van der Waals surface area contributed by atoms with Gasteiger partial charge in [-0.2, -0.15) is 0 Å². The minimum absolute atomic E-state index is 0.118. The summed E-state index contributed by atoms with van der Waals surface area (Å²) in [7, 11) is 1.64. The summed E-state index contributed by atoms with van der Waals surface area (Å²) in [5, 5.41) is 2.43. The molecule has 1 aromatic rings. The summed E-state index contributed by atoms with van der Waals surface area (Å²) in [5.74, 6) is -0.404. The maximum Gasteiger partial charge on any atom is 0.287 e. The number of anilines is 1. The molecule has 1 saturated heterocycles. The number of Topliss-reactive ketones (excluding diaryl/α,β-unsaturated/α-hetero) is 1. The molecule has 1 N–H and O–H groups in total. The summed E-state index contributed by atoms with van der Waals surface area (Å²) in [5.41, 5.74) is 1.01. The largest absolute Gasteiger partial charge is 0.495 e. The predicted octanol–water partition coefficient (Wildman–Crippen LogP) is 1.08. The first-order valence-corrected chi connectivity index (χ1v) is 8.89. The van der Waals surface area contributed by atoms with Crippen molar-refractivity contribution in [2.75, 3.05) is 44.7 Å². The molecule has 0 saturated carbocycles. The number of amides is 2. The molecule has 0 atom stereocenters. The molecule has 1 aromatic carbocycles. The Morgan fingerprint density at radius 2 is 1.77 bits per heavy atom. The van der Waals surface area contributed by atoms with Crippen LogP contribution in [0.25, 0.3) is 0 Å². The van der Waals surface area contributed by atoms with Crippen LogP contribution >= 0.6 is 0 Å². The number of carbonyl (C=O) groups is 3. The van der Waals surface area contributed by atoms with Crippen molar-refractivity contribution in [3.8, 4) is 5.75 Å². The van der Waals surface area contributed by atoms with Gasteiger partial charge in [-0.3, -0.25) is 14.4 Å². The number of nitrogens with one attached hydrogen (secondary N) is 1. The fourth-order valence-electron chi connectivity index (χ4n) is 2.92. The maximum atomic E-state index is 12.3. The van der Waals surface area contributed by atoms with E-state index in [0.717, 1.165) is 11.4 Å². The molecular formula is C19H27N3O4. The van der Waals surface area contributed by atoms with E-state index in [9.17, 15) is 14.4 Å². The van der Waals surface area contributed by atoms with Gasteiger partial charge in [0.1, 0.15) is 5.75 Å². The number of methoxy groups -OCH3 is 1. The van der Waals surface area contributed by atoms with Gasteiger partial charge in [0.15, 0.2) is 0 Å². The van der Waals surface area contributed by atoms with Crippen LogP contribution in [0.15, 0.2) is 24.3 Å². The van der Waals surface area contributed by atoms with Crippen molar-refractivity contribution < 1.29 is 19.1 Å². The molecule has 1 aliphatic heterocycles. The number of rotatable bonds is 7. The van der Waals surface area contributed by atoms with Crippen LogP contribution in [0.2, 0.25) is 0 Å². The fraction of sp³-hybridized carbons (Fsp3) is 0.526. The third kappa shape index (κ3) is 5.21. The van der Waals surface area contributed by atoms with Crippen LogP contribution in [0.3, 0.4) is 0 Å². The van der Waals surface area contributed by atoms with E-state index in [2.05, 4.69) is 10.2 Å². The van der Waals surface area contributed by atoms with Crippen molar-refractivity contribution >= 4 is 23.3 Å². The Morgan fingerprint density at radius 1 is 1.12 bits per heavy atom. The number of benzene rings is 1. The van der Waals surface area contributed by atoms with Crippen molar-refractivity contribution in [1.29, 1.82) is 0 Å². The lowest BCUT2D eigenvalue weighted by atomic mass is 10.1.